The molecular formula is C25H30ClN5O3. The lowest BCUT2D eigenvalue weighted by molar-refractivity contribution is -0.137. The van der Waals surface area contributed by atoms with Crippen molar-refractivity contribution >= 4 is 35.0 Å². The number of anilines is 2. The lowest BCUT2D eigenvalue weighted by Crippen LogP contribution is -2.54. The lowest BCUT2D eigenvalue weighted by atomic mass is 9.95. The number of urea groups is 1. The highest BCUT2D eigenvalue weighted by Crippen LogP contribution is 2.36. The number of nitrogens with zero attached hydrogens (tertiary/aromatic N) is 5. The second kappa shape index (κ2) is 9.70. The van der Waals surface area contributed by atoms with Crippen LogP contribution < -0.4 is 14.5 Å². The summed E-state index contributed by atoms with van der Waals surface area (Å²) >= 11 is 6.18. The largest absolute Gasteiger partial charge is 0.487 e. The van der Waals surface area contributed by atoms with Gasteiger partial charge in [-0.05, 0) is 50.1 Å². The number of pyridine rings is 1. The summed E-state index contributed by atoms with van der Waals surface area (Å²) in [6.07, 6.45) is 3.08. The van der Waals surface area contributed by atoms with Crippen molar-refractivity contribution in [3.8, 4) is 5.75 Å². The van der Waals surface area contributed by atoms with Crippen molar-refractivity contribution in [3.63, 3.8) is 0 Å². The molecule has 1 aromatic carbocycles. The van der Waals surface area contributed by atoms with E-state index in [9.17, 15) is 9.59 Å². The van der Waals surface area contributed by atoms with Crippen molar-refractivity contribution < 1.29 is 14.3 Å². The maximum atomic E-state index is 13.4. The number of likely N-dealkylation sites (tertiary alicyclic amines) is 1. The van der Waals surface area contributed by atoms with Crippen LogP contribution in [0.25, 0.3) is 0 Å². The Balaban J connectivity index is 1.16. The Bertz CT molecular complexity index is 1040. The molecule has 0 N–H and O–H groups in total. The summed E-state index contributed by atoms with van der Waals surface area (Å²) in [5, 5.41) is 0.571. The zero-order chi connectivity index (χ0) is 23.7. The Morgan fingerprint density at radius 1 is 1.00 bits per heavy atom. The highest BCUT2D eigenvalue weighted by atomic mass is 35.5. The molecule has 0 radical (unpaired) electrons. The van der Waals surface area contributed by atoms with E-state index in [1.54, 1.807) is 23.2 Å². The van der Waals surface area contributed by atoms with Crippen LogP contribution in [0.15, 0.2) is 42.6 Å². The van der Waals surface area contributed by atoms with Gasteiger partial charge >= 0.3 is 6.03 Å². The van der Waals surface area contributed by atoms with Gasteiger partial charge in [0, 0.05) is 56.4 Å². The highest BCUT2D eigenvalue weighted by Gasteiger charge is 2.35. The van der Waals surface area contributed by atoms with Crippen molar-refractivity contribution in [3.05, 3.63) is 47.6 Å². The van der Waals surface area contributed by atoms with Crippen LogP contribution in [-0.2, 0) is 4.79 Å². The molecule has 9 heteroatoms. The summed E-state index contributed by atoms with van der Waals surface area (Å²) in [6, 6.07) is 11.2. The van der Waals surface area contributed by atoms with Crippen LogP contribution in [0.3, 0.4) is 0 Å². The number of fused-ring (bicyclic) bond motifs is 1. The Morgan fingerprint density at radius 2 is 1.76 bits per heavy atom. The lowest BCUT2D eigenvalue weighted by Gasteiger charge is -2.41. The van der Waals surface area contributed by atoms with E-state index in [1.807, 2.05) is 41.0 Å². The summed E-state index contributed by atoms with van der Waals surface area (Å²) in [4.78, 5) is 38.8. The van der Waals surface area contributed by atoms with Crippen LogP contribution in [0.5, 0.6) is 5.75 Å². The smallest absolute Gasteiger partial charge is 0.324 e. The summed E-state index contributed by atoms with van der Waals surface area (Å²) < 4.78 is 5.88. The summed E-state index contributed by atoms with van der Waals surface area (Å²) in [6.45, 7) is 6.57. The Labute approximate surface area is 205 Å². The van der Waals surface area contributed by atoms with E-state index < -0.39 is 0 Å². The van der Waals surface area contributed by atoms with Crippen molar-refractivity contribution in [1.82, 2.24) is 14.8 Å². The molecule has 1 atom stereocenters. The molecule has 3 aliphatic rings. The summed E-state index contributed by atoms with van der Waals surface area (Å²) in [5.74, 6) is 1.81. The van der Waals surface area contributed by atoms with Gasteiger partial charge in [-0.2, -0.15) is 0 Å². The van der Waals surface area contributed by atoms with Crippen LogP contribution >= 0.6 is 11.6 Å². The van der Waals surface area contributed by atoms with E-state index in [-0.39, 0.29) is 24.0 Å². The molecule has 180 valence electrons. The molecule has 2 saturated heterocycles. The Hall–Kier alpha value is -3.00. The molecule has 1 aromatic heterocycles. The standard InChI is InChI=1S/C25H30ClN5O3/c1-18-17-31(21-16-20(26)5-6-22(21)34-18)25(33)30-10-7-19(8-11-30)24(32)29-14-12-28(13-15-29)23-4-2-3-9-27-23/h2-6,9,16,18-19H,7-8,10-15,17H2,1H3. The molecule has 0 bridgehead atoms. The molecule has 3 amide bonds. The highest BCUT2D eigenvalue weighted by molar-refractivity contribution is 6.31. The molecule has 0 aliphatic carbocycles. The number of halogens is 1. The van der Waals surface area contributed by atoms with Gasteiger partial charge in [0.1, 0.15) is 17.7 Å². The Kier molecular flexibility index (Phi) is 6.50. The van der Waals surface area contributed by atoms with Crippen molar-refractivity contribution in [2.45, 2.75) is 25.9 Å². The van der Waals surface area contributed by atoms with E-state index in [0.717, 1.165) is 18.9 Å². The van der Waals surface area contributed by atoms with Crippen LogP contribution in [0.4, 0.5) is 16.3 Å². The first-order chi connectivity index (χ1) is 16.5. The molecule has 34 heavy (non-hydrogen) atoms. The number of piperazine rings is 1. The van der Waals surface area contributed by atoms with Crippen molar-refractivity contribution in [2.24, 2.45) is 5.92 Å². The fourth-order valence-corrected chi connectivity index (χ4v) is 5.20. The SMILES string of the molecule is CC1CN(C(=O)N2CCC(C(=O)N3CCN(c4ccccn4)CC3)CC2)c2cc(Cl)ccc2O1. The minimum absolute atomic E-state index is 0.0317. The minimum Gasteiger partial charge on any atom is -0.487 e. The van der Waals surface area contributed by atoms with Gasteiger partial charge in [-0.3, -0.25) is 9.69 Å². The molecule has 4 heterocycles. The summed E-state index contributed by atoms with van der Waals surface area (Å²) in [5.41, 5.74) is 0.708. The number of hydrogen-bond acceptors (Lipinski definition) is 5. The number of carbonyl (C=O) groups excluding carboxylic acids is 2. The molecule has 1 unspecified atom stereocenters. The normalized spacial score (nSPS) is 21.2. The molecule has 2 aromatic rings. The fraction of sp³-hybridized carbons (Fsp3) is 0.480. The van der Waals surface area contributed by atoms with Gasteiger partial charge in [-0.25, -0.2) is 9.78 Å². The number of piperidine rings is 1. The first-order valence-corrected chi connectivity index (χ1v) is 12.3. The van der Waals surface area contributed by atoms with Crippen LogP contribution in [-0.4, -0.2) is 78.6 Å². The third kappa shape index (κ3) is 4.64. The molecule has 5 rings (SSSR count). The quantitative estimate of drug-likeness (QED) is 0.654. The van der Waals surface area contributed by atoms with E-state index in [4.69, 9.17) is 16.3 Å². The van der Waals surface area contributed by atoms with Gasteiger partial charge in [0.15, 0.2) is 0 Å². The molecule has 0 spiro atoms. The van der Waals surface area contributed by atoms with Gasteiger partial charge in [-0.15, -0.1) is 0 Å². The average molecular weight is 484 g/mol. The molecular weight excluding hydrogens is 454 g/mol. The maximum absolute atomic E-state index is 13.4. The van der Waals surface area contributed by atoms with Crippen molar-refractivity contribution in [2.75, 3.05) is 55.6 Å². The zero-order valence-corrected chi connectivity index (χ0v) is 20.2. The minimum atomic E-state index is -0.0958. The zero-order valence-electron chi connectivity index (χ0n) is 19.4. The Morgan fingerprint density at radius 3 is 2.47 bits per heavy atom. The van der Waals surface area contributed by atoms with Gasteiger partial charge in [0.25, 0.3) is 0 Å². The predicted octanol–water partition coefficient (Wildman–Crippen LogP) is 3.50. The van der Waals surface area contributed by atoms with Crippen LogP contribution in [0.2, 0.25) is 5.02 Å². The number of carbonyl (C=O) groups is 2. The molecule has 0 saturated carbocycles. The predicted molar refractivity (Wildman–Crippen MR) is 132 cm³/mol. The number of benzene rings is 1. The number of amides is 3. The van der Waals surface area contributed by atoms with Crippen LogP contribution in [0.1, 0.15) is 19.8 Å². The third-order valence-electron chi connectivity index (χ3n) is 6.89. The monoisotopic (exact) mass is 483 g/mol. The maximum Gasteiger partial charge on any atom is 0.324 e. The van der Waals surface area contributed by atoms with E-state index in [1.165, 1.54) is 0 Å². The second-order valence-electron chi connectivity index (χ2n) is 9.20. The number of hydrogen-bond donors (Lipinski definition) is 0. The molecule has 3 aliphatic heterocycles. The van der Waals surface area contributed by atoms with Gasteiger partial charge < -0.3 is 19.4 Å². The number of rotatable bonds is 2. The summed E-state index contributed by atoms with van der Waals surface area (Å²) in [7, 11) is 0. The van der Waals surface area contributed by atoms with Gasteiger partial charge in [-0.1, -0.05) is 17.7 Å². The number of aromatic nitrogens is 1. The van der Waals surface area contributed by atoms with E-state index >= 15 is 0 Å². The first-order valence-electron chi connectivity index (χ1n) is 12.0. The van der Waals surface area contributed by atoms with Crippen molar-refractivity contribution in [1.29, 1.82) is 0 Å². The first kappa shape index (κ1) is 22.8. The van der Waals surface area contributed by atoms with E-state index in [2.05, 4.69) is 9.88 Å². The van der Waals surface area contributed by atoms with Crippen LogP contribution in [0, 0.1) is 5.92 Å². The second-order valence-corrected chi connectivity index (χ2v) is 9.63. The van der Waals surface area contributed by atoms with Gasteiger partial charge in [0.2, 0.25) is 5.91 Å². The molecule has 8 nitrogen and oxygen atoms in total. The fourth-order valence-electron chi connectivity index (χ4n) is 5.04. The van der Waals surface area contributed by atoms with E-state index in [0.29, 0.717) is 62.0 Å². The third-order valence-corrected chi connectivity index (χ3v) is 7.12. The number of ether oxygens (including phenoxy) is 1. The van der Waals surface area contributed by atoms with Gasteiger partial charge in [0.05, 0.1) is 12.2 Å². The molecule has 2 fully saturated rings. The topological polar surface area (TPSA) is 69.2 Å². The average Bonchev–Trinajstić information content (AvgIpc) is 2.88.